The van der Waals surface area contributed by atoms with Gasteiger partial charge in [-0.3, -0.25) is 9.89 Å². The van der Waals surface area contributed by atoms with Crippen LogP contribution in [0, 0.1) is 6.92 Å². The van der Waals surface area contributed by atoms with E-state index in [1.807, 2.05) is 44.2 Å². The van der Waals surface area contributed by atoms with Crippen molar-refractivity contribution in [2.24, 2.45) is 0 Å². The van der Waals surface area contributed by atoms with Crippen LogP contribution < -0.4 is 10.1 Å². The van der Waals surface area contributed by atoms with E-state index in [1.54, 1.807) is 0 Å². The van der Waals surface area contributed by atoms with Gasteiger partial charge in [-0.05, 0) is 37.5 Å². The molecule has 0 unspecified atom stereocenters. The molecule has 0 spiro atoms. The van der Waals surface area contributed by atoms with Crippen LogP contribution in [0.15, 0.2) is 30.3 Å². The van der Waals surface area contributed by atoms with Gasteiger partial charge in [0.2, 0.25) is 5.91 Å². The number of rotatable bonds is 7. The fraction of sp³-hybridized carbons (Fsp3) is 0.375. The second-order valence-corrected chi connectivity index (χ2v) is 4.95. The first-order valence-electron chi connectivity index (χ1n) is 7.21. The van der Waals surface area contributed by atoms with Crippen molar-refractivity contribution in [2.45, 2.75) is 33.1 Å². The molecule has 2 aromatic rings. The third-order valence-electron chi connectivity index (χ3n) is 3.09. The summed E-state index contributed by atoms with van der Waals surface area (Å²) in [5.74, 6) is 1.38. The average Bonchev–Trinajstić information content (AvgIpc) is 2.91. The Labute approximate surface area is 124 Å². The number of carbonyl (C=O) groups is 1. The maximum Gasteiger partial charge on any atom is 0.225 e. The number of hydrogen-bond acceptors (Lipinski definition) is 3. The number of nitrogens with zero attached hydrogens (tertiary/aromatic N) is 1. The van der Waals surface area contributed by atoms with Crippen LogP contribution in [-0.4, -0.2) is 22.7 Å². The van der Waals surface area contributed by atoms with Crippen molar-refractivity contribution in [2.75, 3.05) is 11.9 Å². The van der Waals surface area contributed by atoms with Gasteiger partial charge in [-0.15, -0.1) is 0 Å². The largest absolute Gasteiger partial charge is 0.494 e. The van der Waals surface area contributed by atoms with Crippen molar-refractivity contribution >= 4 is 11.7 Å². The summed E-state index contributed by atoms with van der Waals surface area (Å²) in [5, 5.41) is 9.66. The van der Waals surface area contributed by atoms with E-state index in [1.165, 1.54) is 0 Å². The fourth-order valence-corrected chi connectivity index (χ4v) is 1.94. The summed E-state index contributed by atoms with van der Waals surface area (Å²) >= 11 is 0. The highest BCUT2D eigenvalue weighted by molar-refractivity contribution is 5.89. The molecule has 0 bridgehead atoms. The number of ether oxygens (including phenoxy) is 1. The standard InChI is InChI=1S/C16H21N3O2/c1-3-13-11-15(19-18-13)17-16(20)8-5-9-21-14-7-4-6-12(2)10-14/h4,6-7,10-11H,3,5,8-9H2,1-2H3,(H2,17,18,19,20). The summed E-state index contributed by atoms with van der Waals surface area (Å²) in [4.78, 5) is 11.8. The highest BCUT2D eigenvalue weighted by Gasteiger charge is 2.05. The van der Waals surface area contributed by atoms with Gasteiger partial charge in [0.25, 0.3) is 0 Å². The summed E-state index contributed by atoms with van der Waals surface area (Å²) in [6, 6.07) is 9.73. The normalized spacial score (nSPS) is 10.4. The van der Waals surface area contributed by atoms with Gasteiger partial charge >= 0.3 is 0 Å². The number of H-pyrrole nitrogens is 1. The first kappa shape index (κ1) is 15.1. The SMILES string of the molecule is CCc1cc(NC(=O)CCCOc2cccc(C)c2)n[nH]1. The van der Waals surface area contributed by atoms with Crippen molar-refractivity contribution in [1.82, 2.24) is 10.2 Å². The Hall–Kier alpha value is -2.30. The van der Waals surface area contributed by atoms with Gasteiger partial charge in [-0.2, -0.15) is 5.10 Å². The van der Waals surface area contributed by atoms with E-state index in [0.29, 0.717) is 25.3 Å². The maximum atomic E-state index is 11.8. The Morgan fingerprint density at radius 3 is 2.95 bits per heavy atom. The molecule has 1 heterocycles. The number of amides is 1. The Morgan fingerprint density at radius 1 is 1.38 bits per heavy atom. The smallest absolute Gasteiger partial charge is 0.225 e. The molecule has 1 aromatic carbocycles. The zero-order chi connectivity index (χ0) is 15.1. The number of aromatic amines is 1. The second kappa shape index (κ2) is 7.47. The van der Waals surface area contributed by atoms with Gasteiger partial charge in [0.05, 0.1) is 6.61 Å². The van der Waals surface area contributed by atoms with Gasteiger partial charge in [-0.25, -0.2) is 0 Å². The molecule has 21 heavy (non-hydrogen) atoms. The van der Waals surface area contributed by atoms with Crippen molar-refractivity contribution in [3.8, 4) is 5.75 Å². The van der Waals surface area contributed by atoms with Crippen molar-refractivity contribution in [1.29, 1.82) is 0 Å². The Balaban J connectivity index is 1.67. The number of carbonyl (C=O) groups excluding carboxylic acids is 1. The van der Waals surface area contributed by atoms with Crippen LogP contribution in [0.2, 0.25) is 0 Å². The molecule has 0 aliphatic heterocycles. The number of anilines is 1. The molecular weight excluding hydrogens is 266 g/mol. The van der Waals surface area contributed by atoms with E-state index < -0.39 is 0 Å². The molecule has 2 N–H and O–H groups in total. The highest BCUT2D eigenvalue weighted by atomic mass is 16.5. The third kappa shape index (κ3) is 4.95. The molecule has 0 aliphatic carbocycles. The summed E-state index contributed by atoms with van der Waals surface area (Å²) in [6.07, 6.45) is 1.96. The monoisotopic (exact) mass is 287 g/mol. The Kier molecular flexibility index (Phi) is 5.37. The lowest BCUT2D eigenvalue weighted by atomic mass is 10.2. The van der Waals surface area contributed by atoms with Gasteiger partial charge in [0, 0.05) is 18.2 Å². The number of aryl methyl sites for hydroxylation is 2. The molecule has 5 heteroatoms. The van der Waals surface area contributed by atoms with Crippen LogP contribution in [0.25, 0.3) is 0 Å². The van der Waals surface area contributed by atoms with E-state index in [2.05, 4.69) is 15.5 Å². The van der Waals surface area contributed by atoms with Crippen LogP contribution in [-0.2, 0) is 11.2 Å². The summed E-state index contributed by atoms with van der Waals surface area (Å²) in [5.41, 5.74) is 2.17. The number of nitrogens with one attached hydrogen (secondary N) is 2. The lowest BCUT2D eigenvalue weighted by Crippen LogP contribution is -2.13. The van der Waals surface area contributed by atoms with Gasteiger partial charge in [0.15, 0.2) is 5.82 Å². The number of hydrogen-bond donors (Lipinski definition) is 2. The van der Waals surface area contributed by atoms with E-state index in [4.69, 9.17) is 4.74 Å². The van der Waals surface area contributed by atoms with Crippen LogP contribution >= 0.6 is 0 Å². The summed E-state index contributed by atoms with van der Waals surface area (Å²) < 4.78 is 5.61. The van der Waals surface area contributed by atoms with Crippen molar-refractivity contribution < 1.29 is 9.53 Å². The van der Waals surface area contributed by atoms with E-state index in [0.717, 1.165) is 23.4 Å². The summed E-state index contributed by atoms with van der Waals surface area (Å²) in [6.45, 7) is 4.58. The molecule has 0 aliphatic rings. The van der Waals surface area contributed by atoms with Gasteiger partial charge < -0.3 is 10.1 Å². The summed E-state index contributed by atoms with van der Waals surface area (Å²) in [7, 11) is 0. The second-order valence-electron chi connectivity index (χ2n) is 4.95. The molecule has 0 saturated heterocycles. The van der Waals surface area contributed by atoms with Gasteiger partial charge in [0.1, 0.15) is 5.75 Å². The quantitative estimate of drug-likeness (QED) is 0.769. The number of aromatic nitrogens is 2. The van der Waals surface area contributed by atoms with E-state index in [-0.39, 0.29) is 5.91 Å². The van der Waals surface area contributed by atoms with Crippen molar-refractivity contribution in [3.63, 3.8) is 0 Å². The predicted octanol–water partition coefficient (Wildman–Crippen LogP) is 3.08. The molecule has 1 aromatic heterocycles. The highest BCUT2D eigenvalue weighted by Crippen LogP contribution is 2.13. The third-order valence-corrected chi connectivity index (χ3v) is 3.09. The molecule has 5 nitrogen and oxygen atoms in total. The fourth-order valence-electron chi connectivity index (χ4n) is 1.94. The van der Waals surface area contributed by atoms with Crippen LogP contribution in [0.4, 0.5) is 5.82 Å². The van der Waals surface area contributed by atoms with Crippen molar-refractivity contribution in [3.05, 3.63) is 41.6 Å². The van der Waals surface area contributed by atoms with Crippen LogP contribution in [0.1, 0.15) is 31.0 Å². The molecular formula is C16H21N3O2. The molecule has 2 rings (SSSR count). The molecule has 1 amide bonds. The maximum absolute atomic E-state index is 11.8. The zero-order valence-electron chi connectivity index (χ0n) is 12.5. The molecule has 0 radical (unpaired) electrons. The molecule has 0 atom stereocenters. The number of benzene rings is 1. The lowest BCUT2D eigenvalue weighted by molar-refractivity contribution is -0.116. The minimum absolute atomic E-state index is 0.0444. The molecule has 0 saturated carbocycles. The van der Waals surface area contributed by atoms with Crippen LogP contribution in [0.5, 0.6) is 5.75 Å². The Bertz CT molecular complexity index is 593. The van der Waals surface area contributed by atoms with Gasteiger partial charge in [-0.1, -0.05) is 19.1 Å². The van der Waals surface area contributed by atoms with E-state index >= 15 is 0 Å². The first-order valence-corrected chi connectivity index (χ1v) is 7.21. The molecule has 0 fully saturated rings. The first-order chi connectivity index (χ1) is 10.2. The lowest BCUT2D eigenvalue weighted by Gasteiger charge is -2.06. The minimum atomic E-state index is -0.0444. The zero-order valence-corrected chi connectivity index (χ0v) is 12.5. The predicted molar refractivity (Wildman–Crippen MR) is 82.5 cm³/mol. The molecule has 112 valence electrons. The minimum Gasteiger partial charge on any atom is -0.494 e. The van der Waals surface area contributed by atoms with E-state index in [9.17, 15) is 4.79 Å². The topological polar surface area (TPSA) is 67.0 Å². The van der Waals surface area contributed by atoms with Crippen LogP contribution in [0.3, 0.4) is 0 Å². The average molecular weight is 287 g/mol. The Morgan fingerprint density at radius 2 is 2.24 bits per heavy atom.